The SMILES string of the molecule is C[C@@H]1[C@@H](N=C(Nc2ccc3c(=O)n([C@H](C)Cc4ccc(Cl)cc4)cnc3c2)N2C[C@@H](C)N[C@@H](C)C2)C[C@@H]2C[C@H]1C2(C)C. The Labute approximate surface area is 254 Å². The standard InChI is InChI=1S/C34H45ClN6O/c1-20-17-40(18-21(2)37-20)33(39-30-15-25-14-29(23(30)4)34(25,5)6)38-27-11-12-28-31(16-27)36-19-41(32(28)42)22(3)13-24-7-9-26(35)10-8-24/h7-12,16,19-23,25,29-30,37H,13-15,17-18H2,1-6H3,(H,38,39)/t20-,21+,22-,23+,25+,29-,30+/m1/s1. The lowest BCUT2D eigenvalue weighted by molar-refractivity contribution is -0.108. The van der Waals surface area contributed by atoms with Gasteiger partial charge in [0.25, 0.3) is 5.56 Å². The third kappa shape index (κ3) is 5.58. The smallest absolute Gasteiger partial charge is 0.261 e. The van der Waals surface area contributed by atoms with Gasteiger partial charge >= 0.3 is 0 Å². The summed E-state index contributed by atoms with van der Waals surface area (Å²) < 4.78 is 1.73. The van der Waals surface area contributed by atoms with Crippen LogP contribution in [0.2, 0.25) is 5.02 Å². The van der Waals surface area contributed by atoms with Gasteiger partial charge in [-0.2, -0.15) is 0 Å². The molecule has 2 heterocycles. The maximum Gasteiger partial charge on any atom is 0.261 e. The van der Waals surface area contributed by atoms with Crippen LogP contribution < -0.4 is 16.2 Å². The van der Waals surface area contributed by atoms with Crippen LogP contribution in [0.5, 0.6) is 0 Å². The third-order valence-electron chi connectivity index (χ3n) is 10.4. The molecule has 42 heavy (non-hydrogen) atoms. The molecule has 1 saturated heterocycles. The largest absolute Gasteiger partial charge is 0.340 e. The average Bonchev–Trinajstić information content (AvgIpc) is 2.94. The van der Waals surface area contributed by atoms with E-state index < -0.39 is 0 Å². The molecule has 1 aliphatic heterocycles. The summed E-state index contributed by atoms with van der Waals surface area (Å²) in [6.07, 6.45) is 4.90. The number of anilines is 1. The second-order valence-electron chi connectivity index (χ2n) is 13.8. The van der Waals surface area contributed by atoms with Gasteiger partial charge in [-0.05, 0) is 99.1 Å². The fourth-order valence-corrected chi connectivity index (χ4v) is 7.98. The van der Waals surface area contributed by atoms with E-state index in [2.05, 4.69) is 57.1 Å². The van der Waals surface area contributed by atoms with E-state index in [-0.39, 0.29) is 11.6 Å². The number of rotatable bonds is 5. The molecular formula is C34H45ClN6O. The van der Waals surface area contributed by atoms with E-state index in [0.717, 1.165) is 55.0 Å². The van der Waals surface area contributed by atoms with Crippen LogP contribution in [-0.4, -0.2) is 51.6 Å². The number of piperazine rings is 1. The Kier molecular flexibility index (Phi) is 7.86. The molecule has 0 spiro atoms. The topological polar surface area (TPSA) is 74.5 Å². The van der Waals surface area contributed by atoms with Crippen LogP contribution in [0.15, 0.2) is 58.6 Å². The van der Waals surface area contributed by atoms with Crippen molar-refractivity contribution in [2.24, 2.45) is 28.2 Å². The number of nitrogens with zero attached hydrogens (tertiary/aromatic N) is 4. The van der Waals surface area contributed by atoms with E-state index in [9.17, 15) is 4.79 Å². The first-order valence-electron chi connectivity index (χ1n) is 15.6. The minimum absolute atomic E-state index is 0.0236. The van der Waals surface area contributed by atoms with Gasteiger partial charge in [0.1, 0.15) is 0 Å². The van der Waals surface area contributed by atoms with Gasteiger partial charge < -0.3 is 15.5 Å². The second-order valence-corrected chi connectivity index (χ2v) is 14.3. The summed E-state index contributed by atoms with van der Waals surface area (Å²) in [5, 5.41) is 8.67. The van der Waals surface area contributed by atoms with Crippen LogP contribution in [0.3, 0.4) is 0 Å². The van der Waals surface area contributed by atoms with Crippen molar-refractivity contribution in [3.05, 3.63) is 69.7 Å². The summed E-state index contributed by atoms with van der Waals surface area (Å²) in [6, 6.07) is 14.7. The number of aromatic nitrogens is 2. The molecule has 7 atom stereocenters. The van der Waals surface area contributed by atoms with Gasteiger partial charge in [0.2, 0.25) is 0 Å². The molecule has 3 aromatic rings. The molecule has 4 fully saturated rings. The summed E-state index contributed by atoms with van der Waals surface area (Å²) >= 11 is 6.05. The molecule has 7 nitrogen and oxygen atoms in total. The van der Waals surface area contributed by atoms with Crippen LogP contribution >= 0.6 is 11.6 Å². The first kappa shape index (κ1) is 29.2. The van der Waals surface area contributed by atoms with E-state index in [1.807, 2.05) is 42.5 Å². The monoisotopic (exact) mass is 588 g/mol. The molecule has 0 unspecified atom stereocenters. The highest BCUT2D eigenvalue weighted by atomic mass is 35.5. The molecular weight excluding hydrogens is 544 g/mol. The summed E-state index contributed by atoms with van der Waals surface area (Å²) in [5.74, 6) is 2.99. The average molecular weight is 589 g/mol. The highest BCUT2D eigenvalue weighted by Crippen LogP contribution is 2.61. The van der Waals surface area contributed by atoms with Gasteiger partial charge in [0.05, 0.1) is 23.3 Å². The first-order valence-corrected chi connectivity index (χ1v) is 16.0. The molecule has 224 valence electrons. The molecule has 3 saturated carbocycles. The molecule has 1 aromatic heterocycles. The lowest BCUT2D eigenvalue weighted by Gasteiger charge is -2.61. The van der Waals surface area contributed by atoms with Crippen molar-refractivity contribution in [2.45, 2.75) is 85.0 Å². The van der Waals surface area contributed by atoms with Crippen LogP contribution in [0.25, 0.3) is 10.9 Å². The van der Waals surface area contributed by atoms with Gasteiger partial charge in [-0.1, -0.05) is 44.5 Å². The Balaban J connectivity index is 1.26. The molecule has 2 bridgehead atoms. The Morgan fingerprint density at radius 2 is 1.83 bits per heavy atom. The van der Waals surface area contributed by atoms with E-state index >= 15 is 0 Å². The van der Waals surface area contributed by atoms with Crippen molar-refractivity contribution in [1.82, 2.24) is 19.8 Å². The van der Waals surface area contributed by atoms with Crippen LogP contribution in [0, 0.1) is 23.2 Å². The van der Waals surface area contributed by atoms with Gasteiger partial charge in [-0.25, -0.2) is 9.98 Å². The van der Waals surface area contributed by atoms with Crippen LogP contribution in [-0.2, 0) is 6.42 Å². The Hall–Kier alpha value is -2.90. The van der Waals surface area contributed by atoms with Crippen molar-refractivity contribution < 1.29 is 0 Å². The lowest BCUT2D eigenvalue weighted by atomic mass is 9.45. The fourth-order valence-electron chi connectivity index (χ4n) is 7.86. The summed E-state index contributed by atoms with van der Waals surface area (Å²) in [7, 11) is 0. The Morgan fingerprint density at radius 1 is 1.12 bits per heavy atom. The van der Waals surface area contributed by atoms with E-state index in [1.54, 1.807) is 10.9 Å². The first-order chi connectivity index (χ1) is 20.0. The summed E-state index contributed by atoms with van der Waals surface area (Å²) in [5.41, 5.74) is 3.14. The summed E-state index contributed by atoms with van der Waals surface area (Å²) in [6.45, 7) is 15.6. The van der Waals surface area contributed by atoms with E-state index in [4.69, 9.17) is 21.6 Å². The fraction of sp³-hybridized carbons (Fsp3) is 0.559. The van der Waals surface area contributed by atoms with Crippen LogP contribution in [0.4, 0.5) is 5.69 Å². The summed E-state index contributed by atoms with van der Waals surface area (Å²) in [4.78, 5) is 26.1. The maximum absolute atomic E-state index is 13.5. The highest BCUT2D eigenvalue weighted by molar-refractivity contribution is 6.30. The number of benzene rings is 2. The van der Waals surface area contributed by atoms with Crippen LogP contribution in [0.1, 0.15) is 66.0 Å². The quantitative estimate of drug-likeness (QED) is 0.267. The van der Waals surface area contributed by atoms with Crippen molar-refractivity contribution in [3.8, 4) is 0 Å². The maximum atomic E-state index is 13.5. The number of fused-ring (bicyclic) bond motifs is 3. The molecule has 2 aromatic carbocycles. The minimum atomic E-state index is -0.0301. The van der Waals surface area contributed by atoms with Gasteiger partial charge in [0, 0.05) is 41.9 Å². The number of hydrogen-bond acceptors (Lipinski definition) is 4. The second kappa shape index (κ2) is 11.3. The predicted molar refractivity (Wildman–Crippen MR) is 174 cm³/mol. The minimum Gasteiger partial charge on any atom is -0.340 e. The number of aliphatic imine (C=N–C) groups is 1. The van der Waals surface area contributed by atoms with E-state index in [0.29, 0.717) is 45.4 Å². The molecule has 7 rings (SSSR count). The van der Waals surface area contributed by atoms with Crippen molar-refractivity contribution in [1.29, 1.82) is 0 Å². The molecule has 0 radical (unpaired) electrons. The van der Waals surface area contributed by atoms with Crippen molar-refractivity contribution >= 4 is 34.2 Å². The van der Waals surface area contributed by atoms with E-state index in [1.165, 1.54) is 6.42 Å². The Bertz CT molecular complexity index is 1520. The van der Waals surface area contributed by atoms with Crippen molar-refractivity contribution in [3.63, 3.8) is 0 Å². The normalized spacial score (nSPS) is 29.7. The molecule has 0 amide bonds. The molecule has 3 aliphatic carbocycles. The number of hydrogen-bond donors (Lipinski definition) is 2. The zero-order valence-electron chi connectivity index (χ0n) is 25.8. The zero-order chi connectivity index (χ0) is 29.8. The third-order valence-corrected chi connectivity index (χ3v) is 10.7. The molecule has 2 N–H and O–H groups in total. The van der Waals surface area contributed by atoms with Crippen molar-refractivity contribution in [2.75, 3.05) is 18.4 Å². The lowest BCUT2D eigenvalue weighted by Crippen LogP contribution is -2.59. The molecule has 8 heteroatoms. The van der Waals surface area contributed by atoms with Gasteiger partial charge in [0.15, 0.2) is 5.96 Å². The molecule has 4 aliphatic rings. The number of guanidine groups is 1. The highest BCUT2D eigenvalue weighted by Gasteiger charge is 2.56. The van der Waals surface area contributed by atoms with Gasteiger partial charge in [-0.15, -0.1) is 0 Å². The zero-order valence-corrected chi connectivity index (χ0v) is 26.5. The van der Waals surface area contributed by atoms with Gasteiger partial charge in [-0.3, -0.25) is 9.36 Å². The number of halogens is 1. The predicted octanol–water partition coefficient (Wildman–Crippen LogP) is 6.37. The Morgan fingerprint density at radius 3 is 2.50 bits per heavy atom. The number of nitrogens with one attached hydrogen (secondary N) is 2.